The zero-order valence-corrected chi connectivity index (χ0v) is 12.3. The number of rotatable bonds is 10. The molecular weight excluding hydrogens is 244 g/mol. The number of nitrogens with zero attached hydrogens (tertiary/aromatic N) is 1. The summed E-state index contributed by atoms with van der Waals surface area (Å²) in [7, 11) is 1.67. The molecule has 1 fully saturated rings. The first-order valence-corrected chi connectivity index (χ1v) is 7.35. The summed E-state index contributed by atoms with van der Waals surface area (Å²) in [6.07, 6.45) is 3.82. The smallest absolute Gasteiger partial charge is 0.225 e. The molecule has 1 atom stereocenters. The molecule has 1 aliphatic heterocycles. The van der Waals surface area contributed by atoms with Gasteiger partial charge < -0.3 is 19.7 Å². The van der Waals surface area contributed by atoms with Gasteiger partial charge in [-0.05, 0) is 25.8 Å². The van der Waals surface area contributed by atoms with Gasteiger partial charge in [0.05, 0.1) is 19.6 Å². The van der Waals surface area contributed by atoms with Gasteiger partial charge in [0.25, 0.3) is 0 Å². The highest BCUT2D eigenvalue weighted by atomic mass is 16.5. The number of carbonyl (C=O) groups excluding carboxylic acids is 1. The van der Waals surface area contributed by atoms with E-state index in [2.05, 4.69) is 12.2 Å². The maximum atomic E-state index is 12.2. The quantitative estimate of drug-likeness (QED) is 0.604. The first kappa shape index (κ1) is 16.4. The Hall–Kier alpha value is -0.650. The molecule has 0 saturated carbocycles. The minimum atomic E-state index is 0.168. The average molecular weight is 272 g/mol. The molecule has 0 aliphatic carbocycles. The van der Waals surface area contributed by atoms with E-state index in [9.17, 15) is 4.79 Å². The van der Waals surface area contributed by atoms with Crippen LogP contribution in [0.3, 0.4) is 0 Å². The predicted octanol–water partition coefficient (Wildman–Crippen LogP) is 1.03. The third kappa shape index (κ3) is 6.89. The van der Waals surface area contributed by atoms with Crippen molar-refractivity contribution in [3.8, 4) is 0 Å². The Bertz CT molecular complexity index is 243. The summed E-state index contributed by atoms with van der Waals surface area (Å²) in [5.41, 5.74) is 0. The SMILES string of the molecule is CCCOCCC(=O)N(CCOC)CC1CCCN1. The highest BCUT2D eigenvalue weighted by molar-refractivity contribution is 5.76. The number of carbonyl (C=O) groups is 1. The molecule has 0 radical (unpaired) electrons. The largest absolute Gasteiger partial charge is 0.383 e. The van der Waals surface area contributed by atoms with E-state index in [1.54, 1.807) is 7.11 Å². The maximum Gasteiger partial charge on any atom is 0.225 e. The molecule has 0 spiro atoms. The van der Waals surface area contributed by atoms with Gasteiger partial charge in [-0.1, -0.05) is 6.92 Å². The fraction of sp³-hybridized carbons (Fsp3) is 0.929. The van der Waals surface area contributed by atoms with Crippen LogP contribution in [-0.2, 0) is 14.3 Å². The molecule has 1 aliphatic rings. The Morgan fingerprint density at radius 1 is 1.37 bits per heavy atom. The van der Waals surface area contributed by atoms with Crippen LogP contribution in [0.4, 0.5) is 0 Å². The van der Waals surface area contributed by atoms with Crippen LogP contribution >= 0.6 is 0 Å². The first-order chi connectivity index (χ1) is 9.27. The Balaban J connectivity index is 2.30. The van der Waals surface area contributed by atoms with Crippen molar-refractivity contribution in [1.29, 1.82) is 0 Å². The second kappa shape index (κ2) is 10.2. The maximum absolute atomic E-state index is 12.2. The van der Waals surface area contributed by atoms with E-state index in [0.29, 0.717) is 32.2 Å². The van der Waals surface area contributed by atoms with E-state index in [4.69, 9.17) is 9.47 Å². The number of methoxy groups -OCH3 is 1. The Morgan fingerprint density at radius 2 is 2.21 bits per heavy atom. The summed E-state index contributed by atoms with van der Waals surface area (Å²) in [5, 5.41) is 3.43. The molecule has 0 aromatic carbocycles. The molecular formula is C14H28N2O3. The van der Waals surface area contributed by atoms with Crippen LogP contribution in [0, 0.1) is 0 Å². The lowest BCUT2D eigenvalue weighted by molar-refractivity contribution is -0.133. The second-order valence-electron chi connectivity index (χ2n) is 4.99. The van der Waals surface area contributed by atoms with Crippen molar-refractivity contribution in [1.82, 2.24) is 10.2 Å². The van der Waals surface area contributed by atoms with Crippen LogP contribution in [0.2, 0.25) is 0 Å². The van der Waals surface area contributed by atoms with E-state index in [-0.39, 0.29) is 5.91 Å². The lowest BCUT2D eigenvalue weighted by atomic mass is 10.2. The van der Waals surface area contributed by atoms with Crippen LogP contribution < -0.4 is 5.32 Å². The van der Waals surface area contributed by atoms with Crippen molar-refractivity contribution in [2.45, 2.75) is 38.6 Å². The summed E-state index contributed by atoms with van der Waals surface area (Å²) >= 11 is 0. The van der Waals surface area contributed by atoms with E-state index in [0.717, 1.165) is 32.5 Å². The summed E-state index contributed by atoms with van der Waals surface area (Å²) in [6, 6.07) is 0.442. The van der Waals surface area contributed by atoms with E-state index in [1.807, 2.05) is 4.90 Å². The zero-order chi connectivity index (χ0) is 13.9. The van der Waals surface area contributed by atoms with Crippen molar-refractivity contribution in [3.05, 3.63) is 0 Å². The lowest BCUT2D eigenvalue weighted by Gasteiger charge is -2.25. The highest BCUT2D eigenvalue weighted by Gasteiger charge is 2.20. The van der Waals surface area contributed by atoms with Crippen LogP contribution in [0.1, 0.15) is 32.6 Å². The molecule has 19 heavy (non-hydrogen) atoms. The summed E-state index contributed by atoms with van der Waals surface area (Å²) in [5.74, 6) is 0.168. The summed E-state index contributed by atoms with van der Waals surface area (Å²) < 4.78 is 10.5. The monoisotopic (exact) mass is 272 g/mol. The molecule has 112 valence electrons. The van der Waals surface area contributed by atoms with Gasteiger partial charge in [-0.3, -0.25) is 4.79 Å². The number of nitrogens with one attached hydrogen (secondary N) is 1. The standard InChI is InChI=1S/C14H28N2O3/c1-3-9-19-10-6-14(17)16(8-11-18-2)12-13-5-4-7-15-13/h13,15H,3-12H2,1-2H3. The molecule has 5 heteroatoms. The molecule has 1 amide bonds. The molecule has 5 nitrogen and oxygen atoms in total. The van der Waals surface area contributed by atoms with Crippen molar-refractivity contribution in [2.75, 3.05) is 46.6 Å². The van der Waals surface area contributed by atoms with Crippen LogP contribution in [0.25, 0.3) is 0 Å². The molecule has 1 unspecified atom stereocenters. The van der Waals surface area contributed by atoms with Crippen LogP contribution in [0.5, 0.6) is 0 Å². The minimum absolute atomic E-state index is 0.168. The number of ether oxygens (including phenoxy) is 2. The predicted molar refractivity (Wildman–Crippen MR) is 75.2 cm³/mol. The molecule has 1 N–H and O–H groups in total. The Kier molecular flexibility index (Phi) is 8.79. The van der Waals surface area contributed by atoms with E-state index < -0.39 is 0 Å². The Morgan fingerprint density at radius 3 is 2.84 bits per heavy atom. The molecule has 1 rings (SSSR count). The molecule has 0 aromatic rings. The third-order valence-electron chi connectivity index (χ3n) is 3.33. The Labute approximate surface area is 116 Å². The van der Waals surface area contributed by atoms with Crippen molar-refractivity contribution in [2.24, 2.45) is 0 Å². The third-order valence-corrected chi connectivity index (χ3v) is 3.33. The molecule has 0 bridgehead atoms. The van der Waals surface area contributed by atoms with E-state index >= 15 is 0 Å². The molecule has 1 saturated heterocycles. The lowest BCUT2D eigenvalue weighted by Crippen LogP contribution is -2.43. The second-order valence-corrected chi connectivity index (χ2v) is 4.99. The van der Waals surface area contributed by atoms with Gasteiger partial charge in [-0.25, -0.2) is 0 Å². The summed E-state index contributed by atoms with van der Waals surface area (Å²) in [4.78, 5) is 14.1. The van der Waals surface area contributed by atoms with Crippen molar-refractivity contribution < 1.29 is 14.3 Å². The number of amides is 1. The van der Waals surface area contributed by atoms with Gasteiger partial charge in [-0.2, -0.15) is 0 Å². The van der Waals surface area contributed by atoms with E-state index in [1.165, 1.54) is 6.42 Å². The average Bonchev–Trinajstić information content (AvgIpc) is 2.92. The van der Waals surface area contributed by atoms with Crippen molar-refractivity contribution in [3.63, 3.8) is 0 Å². The highest BCUT2D eigenvalue weighted by Crippen LogP contribution is 2.08. The fourth-order valence-corrected chi connectivity index (χ4v) is 2.26. The van der Waals surface area contributed by atoms with Gasteiger partial charge in [-0.15, -0.1) is 0 Å². The normalized spacial score (nSPS) is 18.7. The first-order valence-electron chi connectivity index (χ1n) is 7.35. The summed E-state index contributed by atoms with van der Waals surface area (Å²) in [6.45, 7) is 6.43. The number of hydrogen-bond donors (Lipinski definition) is 1. The van der Waals surface area contributed by atoms with Gasteiger partial charge in [0.2, 0.25) is 5.91 Å². The van der Waals surface area contributed by atoms with Crippen LogP contribution in [0.15, 0.2) is 0 Å². The van der Waals surface area contributed by atoms with Gasteiger partial charge >= 0.3 is 0 Å². The minimum Gasteiger partial charge on any atom is -0.383 e. The topological polar surface area (TPSA) is 50.8 Å². The zero-order valence-electron chi connectivity index (χ0n) is 12.3. The fourth-order valence-electron chi connectivity index (χ4n) is 2.26. The molecule has 0 aromatic heterocycles. The molecule has 1 heterocycles. The van der Waals surface area contributed by atoms with Gasteiger partial charge in [0.15, 0.2) is 0 Å². The van der Waals surface area contributed by atoms with Gasteiger partial charge in [0.1, 0.15) is 0 Å². The van der Waals surface area contributed by atoms with Crippen LogP contribution in [-0.4, -0.2) is 63.4 Å². The number of hydrogen-bond acceptors (Lipinski definition) is 4. The van der Waals surface area contributed by atoms with Crippen molar-refractivity contribution >= 4 is 5.91 Å². The van der Waals surface area contributed by atoms with Gasteiger partial charge in [0, 0.05) is 32.8 Å².